The summed E-state index contributed by atoms with van der Waals surface area (Å²) in [5.41, 5.74) is 1.96. The van der Waals surface area contributed by atoms with Crippen molar-refractivity contribution in [1.29, 1.82) is 0 Å². The van der Waals surface area contributed by atoms with Crippen molar-refractivity contribution in [3.05, 3.63) is 23.8 Å². The maximum atomic E-state index is 11.8. The number of fused-ring (bicyclic) bond motifs is 3. The molecule has 5 aliphatic rings. The molecule has 5 rings (SSSR count). The molecule has 118 valence electrons. The summed E-state index contributed by atoms with van der Waals surface area (Å²) in [6.07, 6.45) is 12.9. The summed E-state index contributed by atoms with van der Waals surface area (Å²) in [7, 11) is 0. The Hall–Kier alpha value is -0.890. The maximum absolute atomic E-state index is 11.8. The van der Waals surface area contributed by atoms with Crippen molar-refractivity contribution in [2.24, 2.45) is 34.0 Å². The zero-order valence-electron chi connectivity index (χ0n) is 13.6. The number of carbonyl (C=O) groups excluding carboxylic acids is 1. The van der Waals surface area contributed by atoms with E-state index in [0.29, 0.717) is 29.5 Å². The highest BCUT2D eigenvalue weighted by Crippen LogP contribution is 2.81. The van der Waals surface area contributed by atoms with Crippen LogP contribution in [0.5, 0.6) is 0 Å². The third-order valence-electron chi connectivity index (χ3n) is 8.63. The van der Waals surface area contributed by atoms with Crippen molar-refractivity contribution < 1.29 is 9.90 Å². The van der Waals surface area contributed by atoms with E-state index in [1.165, 1.54) is 18.4 Å². The third kappa shape index (κ3) is 1.28. The molecule has 7 atom stereocenters. The van der Waals surface area contributed by atoms with E-state index in [9.17, 15) is 9.90 Å². The second kappa shape index (κ2) is 3.77. The molecule has 0 aromatic heterocycles. The van der Waals surface area contributed by atoms with Crippen LogP contribution in [0.1, 0.15) is 52.4 Å². The summed E-state index contributed by atoms with van der Waals surface area (Å²) in [5, 5.41) is 10.6. The molecule has 0 bridgehead atoms. The first-order valence-electron chi connectivity index (χ1n) is 9.03. The molecule has 0 saturated heterocycles. The number of allylic oxidation sites excluding steroid dienone is 4. The van der Waals surface area contributed by atoms with Crippen molar-refractivity contribution in [2.45, 2.75) is 58.5 Å². The van der Waals surface area contributed by atoms with Gasteiger partial charge in [-0.1, -0.05) is 26.0 Å². The van der Waals surface area contributed by atoms with Crippen LogP contribution in [0.15, 0.2) is 23.8 Å². The fourth-order valence-electron chi connectivity index (χ4n) is 7.17. The smallest absolute Gasteiger partial charge is 0.156 e. The van der Waals surface area contributed by atoms with Crippen molar-refractivity contribution in [3.8, 4) is 0 Å². The molecule has 2 nitrogen and oxygen atoms in total. The van der Waals surface area contributed by atoms with Gasteiger partial charge >= 0.3 is 0 Å². The van der Waals surface area contributed by atoms with Gasteiger partial charge in [0.1, 0.15) is 0 Å². The van der Waals surface area contributed by atoms with E-state index in [2.05, 4.69) is 26.0 Å². The van der Waals surface area contributed by atoms with Crippen LogP contribution < -0.4 is 0 Å². The van der Waals surface area contributed by atoms with Crippen LogP contribution in [-0.2, 0) is 4.79 Å². The van der Waals surface area contributed by atoms with E-state index in [4.69, 9.17) is 0 Å². The molecule has 3 saturated carbocycles. The average molecular weight is 298 g/mol. The topological polar surface area (TPSA) is 37.3 Å². The summed E-state index contributed by atoms with van der Waals surface area (Å²) in [5.74, 6) is 2.32. The summed E-state index contributed by atoms with van der Waals surface area (Å²) in [4.78, 5) is 11.8. The second-order valence-corrected chi connectivity index (χ2v) is 9.12. The van der Waals surface area contributed by atoms with Gasteiger partial charge < -0.3 is 5.11 Å². The number of hydrogen-bond acceptors (Lipinski definition) is 2. The minimum Gasteiger partial charge on any atom is -0.393 e. The Balaban J connectivity index is 1.63. The Morgan fingerprint density at radius 1 is 1.27 bits per heavy atom. The molecule has 3 fully saturated rings. The first-order chi connectivity index (χ1) is 10.4. The van der Waals surface area contributed by atoms with Gasteiger partial charge in [-0.3, -0.25) is 4.79 Å². The average Bonchev–Trinajstić information content (AvgIpc) is 3.13. The number of rotatable bonds is 0. The largest absolute Gasteiger partial charge is 0.393 e. The third-order valence-corrected chi connectivity index (χ3v) is 8.63. The zero-order chi connectivity index (χ0) is 15.3. The quantitative estimate of drug-likeness (QED) is 0.741. The van der Waals surface area contributed by atoms with Crippen LogP contribution in [0.3, 0.4) is 0 Å². The molecular weight excluding hydrogens is 272 g/mol. The van der Waals surface area contributed by atoms with E-state index in [-0.39, 0.29) is 16.9 Å². The number of aliphatic hydroxyl groups is 1. The summed E-state index contributed by atoms with van der Waals surface area (Å²) < 4.78 is 0. The number of hydrogen-bond donors (Lipinski definition) is 1. The Morgan fingerprint density at radius 3 is 2.91 bits per heavy atom. The van der Waals surface area contributed by atoms with Crippen molar-refractivity contribution >= 4 is 5.78 Å². The van der Waals surface area contributed by atoms with Crippen LogP contribution in [0, 0.1) is 34.0 Å². The Kier molecular flexibility index (Phi) is 2.32. The minimum atomic E-state index is -0.0988. The fraction of sp³-hybridized carbons (Fsp3) is 0.750. The van der Waals surface area contributed by atoms with Crippen molar-refractivity contribution in [3.63, 3.8) is 0 Å². The van der Waals surface area contributed by atoms with Gasteiger partial charge in [-0.05, 0) is 77.8 Å². The highest BCUT2D eigenvalue weighted by Gasteiger charge is 2.77. The van der Waals surface area contributed by atoms with Gasteiger partial charge in [-0.25, -0.2) is 0 Å². The van der Waals surface area contributed by atoms with Gasteiger partial charge in [0, 0.05) is 6.42 Å². The number of ketones is 1. The summed E-state index contributed by atoms with van der Waals surface area (Å²) in [6, 6.07) is 0. The molecule has 0 aromatic carbocycles. The van der Waals surface area contributed by atoms with E-state index in [1.54, 1.807) is 0 Å². The second-order valence-electron chi connectivity index (χ2n) is 9.12. The summed E-state index contributed by atoms with van der Waals surface area (Å²) in [6.45, 7) is 4.75. The van der Waals surface area contributed by atoms with Gasteiger partial charge in [0.05, 0.1) is 6.10 Å². The molecule has 1 spiro atoms. The lowest BCUT2D eigenvalue weighted by molar-refractivity contribution is -0.117. The Morgan fingerprint density at radius 2 is 2.09 bits per heavy atom. The lowest BCUT2D eigenvalue weighted by atomic mass is 9.47. The molecule has 0 heterocycles. The van der Waals surface area contributed by atoms with E-state index in [0.717, 1.165) is 25.2 Å². The first kappa shape index (κ1) is 13.5. The Labute approximate surface area is 132 Å². The molecule has 0 amide bonds. The van der Waals surface area contributed by atoms with Gasteiger partial charge in [0.15, 0.2) is 5.78 Å². The molecule has 0 aliphatic heterocycles. The lowest BCUT2D eigenvalue weighted by Gasteiger charge is -2.57. The standard InChI is InChI=1S/C20H26O2/c1-18-7-5-14(21)9-12(18)3-4-16-15(18)6-8-19(2)17(22)10-13-11-20(13,16)19/h3-4,9,13,15-17,22H,5-8,10-11H2,1-2H3/t13-,15+,16-,17+,18+,19-,20+/m1/s1. The van der Waals surface area contributed by atoms with Gasteiger partial charge in [0.2, 0.25) is 0 Å². The first-order valence-corrected chi connectivity index (χ1v) is 9.03. The van der Waals surface area contributed by atoms with Gasteiger partial charge in [0.25, 0.3) is 0 Å². The van der Waals surface area contributed by atoms with E-state index < -0.39 is 0 Å². The SMILES string of the molecule is C[C@]12CCC(=O)C=C1C=C[C@@H]1[C@@H]2CC[C@]2(C)[C@@H](O)C[C@@H]3C[C@]312. The minimum absolute atomic E-state index is 0.0988. The molecular formula is C20H26O2. The van der Waals surface area contributed by atoms with Crippen LogP contribution in [0.25, 0.3) is 0 Å². The zero-order valence-corrected chi connectivity index (χ0v) is 13.6. The van der Waals surface area contributed by atoms with E-state index >= 15 is 0 Å². The van der Waals surface area contributed by atoms with Gasteiger partial charge in [-0.15, -0.1) is 0 Å². The van der Waals surface area contributed by atoms with Crippen molar-refractivity contribution in [1.82, 2.24) is 0 Å². The monoisotopic (exact) mass is 298 g/mol. The molecule has 2 heteroatoms. The van der Waals surface area contributed by atoms with E-state index in [1.807, 2.05) is 6.08 Å². The fourth-order valence-corrected chi connectivity index (χ4v) is 7.17. The van der Waals surface area contributed by atoms with Crippen LogP contribution >= 0.6 is 0 Å². The predicted octanol–water partition coefficient (Wildman–Crippen LogP) is 3.66. The Bertz CT molecular complexity index is 632. The molecule has 5 aliphatic carbocycles. The van der Waals surface area contributed by atoms with Crippen molar-refractivity contribution in [2.75, 3.05) is 0 Å². The molecule has 0 unspecified atom stereocenters. The normalized spacial score (nSPS) is 58.3. The lowest BCUT2D eigenvalue weighted by Crippen LogP contribution is -2.52. The summed E-state index contributed by atoms with van der Waals surface area (Å²) >= 11 is 0. The molecule has 0 aromatic rings. The van der Waals surface area contributed by atoms with Gasteiger partial charge in [-0.2, -0.15) is 0 Å². The predicted molar refractivity (Wildman–Crippen MR) is 85.1 cm³/mol. The van der Waals surface area contributed by atoms with Crippen LogP contribution in [-0.4, -0.2) is 17.0 Å². The number of carbonyl (C=O) groups is 1. The highest BCUT2D eigenvalue weighted by molar-refractivity contribution is 5.92. The maximum Gasteiger partial charge on any atom is 0.156 e. The molecule has 22 heavy (non-hydrogen) atoms. The highest BCUT2D eigenvalue weighted by atomic mass is 16.3. The van der Waals surface area contributed by atoms with Crippen LogP contribution in [0.2, 0.25) is 0 Å². The van der Waals surface area contributed by atoms with Crippen LogP contribution in [0.4, 0.5) is 0 Å². The molecule has 1 N–H and O–H groups in total. The molecule has 0 radical (unpaired) electrons. The number of aliphatic hydroxyl groups excluding tert-OH is 1.